The van der Waals surface area contributed by atoms with Crippen molar-refractivity contribution in [3.63, 3.8) is 0 Å². The Morgan fingerprint density at radius 1 is 0.913 bits per heavy atom. The van der Waals surface area contributed by atoms with E-state index in [0.717, 1.165) is 35.4 Å². The van der Waals surface area contributed by atoms with Crippen LogP contribution in [0.25, 0.3) is 0 Å². The maximum atomic E-state index is 5.47. The van der Waals surface area contributed by atoms with Gasteiger partial charge in [-0.25, -0.2) is 0 Å². The Morgan fingerprint density at radius 2 is 1.61 bits per heavy atom. The number of likely N-dealkylation sites (N-methyl/N-ethyl adjacent to an activating group) is 1. The molecule has 4 rings (SSSR count). The van der Waals surface area contributed by atoms with Gasteiger partial charge in [-0.3, -0.25) is 0 Å². The number of nitrogens with zero attached hydrogens (tertiary/aromatic N) is 1. The van der Waals surface area contributed by atoms with Crippen molar-refractivity contribution in [2.75, 3.05) is 27.8 Å². The van der Waals surface area contributed by atoms with Gasteiger partial charge in [0.2, 0.25) is 0 Å². The summed E-state index contributed by atoms with van der Waals surface area (Å²) in [5.74, 6) is 1.94. The first kappa shape index (κ1) is 14.6. The topological polar surface area (TPSA) is 18.5 Å². The third kappa shape index (κ3) is 2.31. The second kappa shape index (κ2) is 5.27. The third-order valence-corrected chi connectivity index (χ3v) is 5.71. The van der Waals surface area contributed by atoms with E-state index in [0.29, 0.717) is 6.04 Å². The van der Waals surface area contributed by atoms with Crippen molar-refractivity contribution in [2.45, 2.75) is 25.4 Å². The number of hydrogen-bond donors (Lipinski definition) is 0. The molecular weight excluding hydrogens is 286 g/mol. The van der Waals surface area contributed by atoms with Crippen LogP contribution in [-0.2, 0) is 19.4 Å². The van der Waals surface area contributed by atoms with Crippen LogP contribution in [0.4, 0.5) is 0 Å². The lowest BCUT2D eigenvalue weighted by Gasteiger charge is -2.49. The molecule has 0 saturated heterocycles. The summed E-state index contributed by atoms with van der Waals surface area (Å²) in [5.41, 5.74) is 5.86. The molecule has 2 unspecified atom stereocenters. The number of benzene rings is 2. The maximum Gasteiger partial charge on any atom is 0.119 e. The average Bonchev–Trinajstić information content (AvgIpc) is 2.58. The summed E-state index contributed by atoms with van der Waals surface area (Å²) >= 11 is 0. The molecule has 0 spiro atoms. The molecule has 2 heterocycles. The van der Waals surface area contributed by atoms with Gasteiger partial charge in [-0.15, -0.1) is 0 Å². The Kier molecular flexibility index (Phi) is 3.34. The summed E-state index contributed by atoms with van der Waals surface area (Å²) in [6.07, 6.45) is 2.24. The molecule has 0 aliphatic carbocycles. The molecule has 2 aromatic carbocycles. The highest BCUT2D eigenvalue weighted by Crippen LogP contribution is 2.44. The Morgan fingerprint density at radius 3 is 2.35 bits per heavy atom. The zero-order chi connectivity index (χ0) is 16.0. The van der Waals surface area contributed by atoms with Crippen molar-refractivity contribution in [1.82, 2.24) is 0 Å². The van der Waals surface area contributed by atoms with Crippen LogP contribution in [-0.4, -0.2) is 32.3 Å². The van der Waals surface area contributed by atoms with Gasteiger partial charge in [0.25, 0.3) is 0 Å². The minimum Gasteiger partial charge on any atom is -0.497 e. The monoisotopic (exact) mass is 310 g/mol. The molecule has 0 N–H and O–H groups in total. The number of methoxy groups -OCH3 is 2. The number of rotatable bonds is 2. The second-order valence-corrected chi connectivity index (χ2v) is 7.03. The SMILES string of the molecule is COc1ccc2c(c1)C[N+]1(C)CCc3ccc(OC)cc3C1C2. The molecule has 2 atom stereocenters. The highest BCUT2D eigenvalue weighted by Gasteiger charge is 2.43. The molecule has 0 amide bonds. The maximum absolute atomic E-state index is 5.47. The van der Waals surface area contributed by atoms with Gasteiger partial charge in [0.1, 0.15) is 24.1 Å². The lowest BCUT2D eigenvalue weighted by molar-refractivity contribution is -0.956. The van der Waals surface area contributed by atoms with E-state index in [2.05, 4.69) is 43.4 Å². The molecule has 0 radical (unpaired) electrons. The van der Waals surface area contributed by atoms with Crippen LogP contribution in [0.1, 0.15) is 28.3 Å². The zero-order valence-corrected chi connectivity index (χ0v) is 14.1. The van der Waals surface area contributed by atoms with E-state index >= 15 is 0 Å². The summed E-state index contributed by atoms with van der Waals surface area (Å²) in [6.45, 7) is 2.27. The molecule has 0 saturated carbocycles. The first-order chi connectivity index (χ1) is 11.1. The standard InChI is InChI=1S/C20H24NO2/c1-21-9-8-14-4-6-18(23-3)12-19(14)20(21)11-15-5-7-17(22-2)10-16(15)13-21/h4-7,10,12,20H,8-9,11,13H2,1-3H3/q+1. The molecule has 2 aliphatic rings. The highest BCUT2D eigenvalue weighted by molar-refractivity contribution is 5.42. The van der Waals surface area contributed by atoms with Crippen molar-refractivity contribution in [3.8, 4) is 11.5 Å². The number of fused-ring (bicyclic) bond motifs is 4. The van der Waals surface area contributed by atoms with E-state index in [4.69, 9.17) is 9.47 Å². The Bertz CT molecular complexity index is 755. The van der Waals surface area contributed by atoms with Crippen LogP contribution < -0.4 is 9.47 Å². The van der Waals surface area contributed by atoms with Crippen LogP contribution in [0.3, 0.4) is 0 Å². The predicted octanol–water partition coefficient (Wildman–Crippen LogP) is 3.50. The molecular formula is C20H24NO2+. The Hall–Kier alpha value is -2.00. The summed E-state index contributed by atoms with van der Waals surface area (Å²) in [5, 5.41) is 0. The van der Waals surface area contributed by atoms with E-state index in [1.807, 2.05) is 0 Å². The summed E-state index contributed by atoms with van der Waals surface area (Å²) in [6, 6.07) is 13.7. The first-order valence-electron chi connectivity index (χ1n) is 8.30. The normalized spacial score (nSPS) is 25.1. The smallest absolute Gasteiger partial charge is 0.119 e. The van der Waals surface area contributed by atoms with E-state index in [1.54, 1.807) is 14.2 Å². The number of quaternary nitrogens is 1. The van der Waals surface area contributed by atoms with Gasteiger partial charge in [0, 0.05) is 24.0 Å². The fraction of sp³-hybridized carbons (Fsp3) is 0.400. The number of hydrogen-bond acceptors (Lipinski definition) is 2. The third-order valence-electron chi connectivity index (χ3n) is 5.71. The van der Waals surface area contributed by atoms with E-state index in [9.17, 15) is 0 Å². The average molecular weight is 310 g/mol. The molecule has 3 nitrogen and oxygen atoms in total. The van der Waals surface area contributed by atoms with Crippen molar-refractivity contribution in [2.24, 2.45) is 0 Å². The van der Waals surface area contributed by atoms with Crippen molar-refractivity contribution < 1.29 is 14.0 Å². The van der Waals surface area contributed by atoms with Crippen LogP contribution >= 0.6 is 0 Å². The molecule has 2 aliphatic heterocycles. The van der Waals surface area contributed by atoms with E-state index in [1.165, 1.54) is 28.8 Å². The summed E-state index contributed by atoms with van der Waals surface area (Å²) < 4.78 is 12.0. The van der Waals surface area contributed by atoms with Gasteiger partial charge in [-0.1, -0.05) is 12.1 Å². The van der Waals surface area contributed by atoms with Gasteiger partial charge < -0.3 is 14.0 Å². The molecule has 0 aromatic heterocycles. The van der Waals surface area contributed by atoms with Gasteiger partial charge >= 0.3 is 0 Å². The quantitative estimate of drug-likeness (QED) is 0.790. The minimum absolute atomic E-state index is 0.523. The van der Waals surface area contributed by atoms with E-state index < -0.39 is 0 Å². The molecule has 0 fully saturated rings. The Balaban J connectivity index is 1.79. The fourth-order valence-corrected chi connectivity index (χ4v) is 4.30. The van der Waals surface area contributed by atoms with Crippen LogP contribution in [0, 0.1) is 0 Å². The summed E-state index contributed by atoms with van der Waals surface area (Å²) in [7, 11) is 5.89. The first-order valence-corrected chi connectivity index (χ1v) is 8.30. The van der Waals surface area contributed by atoms with Crippen LogP contribution in [0.15, 0.2) is 36.4 Å². The molecule has 3 heteroatoms. The van der Waals surface area contributed by atoms with Crippen LogP contribution in [0.5, 0.6) is 11.5 Å². The zero-order valence-electron chi connectivity index (χ0n) is 14.1. The molecule has 23 heavy (non-hydrogen) atoms. The van der Waals surface area contributed by atoms with Gasteiger partial charge in [-0.05, 0) is 35.4 Å². The van der Waals surface area contributed by atoms with Gasteiger partial charge in [-0.2, -0.15) is 0 Å². The fourth-order valence-electron chi connectivity index (χ4n) is 4.30. The molecule has 2 aromatic rings. The van der Waals surface area contributed by atoms with Gasteiger partial charge in [0.15, 0.2) is 0 Å². The predicted molar refractivity (Wildman–Crippen MR) is 90.9 cm³/mol. The second-order valence-electron chi connectivity index (χ2n) is 7.03. The molecule has 120 valence electrons. The molecule has 0 bridgehead atoms. The summed E-state index contributed by atoms with van der Waals surface area (Å²) in [4.78, 5) is 0. The largest absolute Gasteiger partial charge is 0.497 e. The lowest BCUT2D eigenvalue weighted by atomic mass is 9.82. The highest BCUT2D eigenvalue weighted by atomic mass is 16.5. The van der Waals surface area contributed by atoms with E-state index in [-0.39, 0.29) is 0 Å². The Labute approximate surface area is 138 Å². The van der Waals surface area contributed by atoms with Crippen molar-refractivity contribution >= 4 is 0 Å². The number of ether oxygens (including phenoxy) is 2. The van der Waals surface area contributed by atoms with Gasteiger partial charge in [0.05, 0.1) is 27.8 Å². The van der Waals surface area contributed by atoms with Crippen LogP contribution in [0.2, 0.25) is 0 Å². The van der Waals surface area contributed by atoms with Crippen molar-refractivity contribution in [3.05, 3.63) is 58.7 Å². The minimum atomic E-state index is 0.523. The van der Waals surface area contributed by atoms with Crippen molar-refractivity contribution in [1.29, 1.82) is 0 Å². The lowest BCUT2D eigenvalue weighted by Crippen LogP contribution is -2.53.